The fourth-order valence-electron chi connectivity index (χ4n) is 3.26. The lowest BCUT2D eigenvalue weighted by Gasteiger charge is -2.32. The van der Waals surface area contributed by atoms with Crippen LogP contribution in [-0.4, -0.2) is 5.11 Å². The first-order valence-corrected chi connectivity index (χ1v) is 7.37. The van der Waals surface area contributed by atoms with E-state index in [2.05, 4.69) is 39.0 Å². The molecule has 1 heteroatoms. The van der Waals surface area contributed by atoms with Crippen molar-refractivity contribution in [1.29, 1.82) is 0 Å². The predicted molar refractivity (Wildman–Crippen MR) is 76.6 cm³/mol. The zero-order chi connectivity index (χ0) is 13.1. The van der Waals surface area contributed by atoms with Gasteiger partial charge in [0.1, 0.15) is 0 Å². The van der Waals surface area contributed by atoms with Gasteiger partial charge in [-0.2, -0.15) is 0 Å². The fourth-order valence-corrected chi connectivity index (χ4v) is 3.26. The summed E-state index contributed by atoms with van der Waals surface area (Å²) in [5, 5.41) is 10.6. The highest BCUT2D eigenvalue weighted by Gasteiger charge is 2.27. The molecule has 1 aromatic rings. The normalized spacial score (nSPS) is 26.0. The Hall–Kier alpha value is -0.820. The minimum atomic E-state index is -0.261. The van der Waals surface area contributed by atoms with Crippen molar-refractivity contribution in [3.05, 3.63) is 34.9 Å². The first-order valence-electron chi connectivity index (χ1n) is 7.37. The smallest absolute Gasteiger partial charge is 0.0820 e. The molecule has 0 saturated heterocycles. The molecule has 0 radical (unpaired) electrons. The Labute approximate surface area is 111 Å². The molecule has 2 rings (SSSR count). The lowest BCUT2D eigenvalue weighted by atomic mass is 9.76. The highest BCUT2D eigenvalue weighted by molar-refractivity contribution is 5.34. The Bertz CT molecular complexity index is 389. The Morgan fingerprint density at radius 3 is 2.44 bits per heavy atom. The average Bonchev–Trinajstić information content (AvgIpc) is 2.41. The molecule has 0 spiro atoms. The second-order valence-electron chi connectivity index (χ2n) is 5.92. The van der Waals surface area contributed by atoms with Gasteiger partial charge >= 0.3 is 0 Å². The molecule has 100 valence electrons. The molecule has 0 aliphatic heterocycles. The third-order valence-corrected chi connectivity index (χ3v) is 4.88. The van der Waals surface area contributed by atoms with Crippen LogP contribution in [0.2, 0.25) is 0 Å². The van der Waals surface area contributed by atoms with E-state index in [4.69, 9.17) is 0 Å². The van der Waals surface area contributed by atoms with Crippen LogP contribution in [0.25, 0.3) is 0 Å². The Morgan fingerprint density at radius 2 is 1.83 bits per heavy atom. The van der Waals surface area contributed by atoms with Crippen molar-refractivity contribution in [2.75, 3.05) is 0 Å². The summed E-state index contributed by atoms with van der Waals surface area (Å²) < 4.78 is 0. The maximum absolute atomic E-state index is 10.6. The van der Waals surface area contributed by atoms with Gasteiger partial charge in [0.2, 0.25) is 0 Å². The van der Waals surface area contributed by atoms with Crippen LogP contribution in [0.4, 0.5) is 0 Å². The number of rotatable bonds is 3. The fraction of sp³-hybridized carbons (Fsp3) is 0.647. The van der Waals surface area contributed by atoms with Crippen molar-refractivity contribution in [2.24, 2.45) is 11.8 Å². The second-order valence-corrected chi connectivity index (χ2v) is 5.92. The molecule has 1 aliphatic carbocycles. The number of aliphatic hydroxyl groups is 1. The zero-order valence-electron chi connectivity index (χ0n) is 11.9. The molecular weight excluding hydrogens is 220 g/mol. The molecular formula is C17H26O. The van der Waals surface area contributed by atoms with Gasteiger partial charge in [-0.1, -0.05) is 44.4 Å². The van der Waals surface area contributed by atoms with Gasteiger partial charge in [-0.15, -0.1) is 0 Å². The van der Waals surface area contributed by atoms with E-state index in [-0.39, 0.29) is 6.10 Å². The number of aryl methyl sites for hydroxylation is 1. The van der Waals surface area contributed by atoms with E-state index in [0.717, 1.165) is 11.5 Å². The van der Waals surface area contributed by atoms with Gasteiger partial charge in [0, 0.05) is 0 Å². The van der Waals surface area contributed by atoms with E-state index in [0.29, 0.717) is 5.92 Å². The van der Waals surface area contributed by atoms with Crippen LogP contribution in [0, 0.1) is 25.7 Å². The summed E-state index contributed by atoms with van der Waals surface area (Å²) in [4.78, 5) is 0. The Balaban J connectivity index is 2.08. The summed E-state index contributed by atoms with van der Waals surface area (Å²) in [5.74, 6) is 1.36. The molecule has 1 fully saturated rings. The van der Waals surface area contributed by atoms with E-state index < -0.39 is 0 Å². The van der Waals surface area contributed by atoms with Gasteiger partial charge in [-0.25, -0.2) is 0 Å². The SMILES string of the molecule is CCC1CCC(C(O)c2cccc(C)c2C)CC1. The highest BCUT2D eigenvalue weighted by Crippen LogP contribution is 2.38. The minimum Gasteiger partial charge on any atom is -0.388 e. The summed E-state index contributed by atoms with van der Waals surface area (Å²) in [5.41, 5.74) is 3.70. The van der Waals surface area contributed by atoms with Gasteiger partial charge in [-0.05, 0) is 55.2 Å². The molecule has 0 bridgehead atoms. The molecule has 1 saturated carbocycles. The van der Waals surface area contributed by atoms with Gasteiger partial charge < -0.3 is 5.11 Å². The van der Waals surface area contributed by atoms with Crippen molar-refractivity contribution in [3.63, 3.8) is 0 Å². The van der Waals surface area contributed by atoms with Crippen LogP contribution < -0.4 is 0 Å². The Kier molecular flexibility index (Phi) is 4.45. The molecule has 1 aliphatic rings. The van der Waals surface area contributed by atoms with Crippen LogP contribution >= 0.6 is 0 Å². The summed E-state index contributed by atoms with van der Waals surface area (Å²) in [6.07, 6.45) is 6.00. The van der Waals surface area contributed by atoms with Gasteiger partial charge in [0.15, 0.2) is 0 Å². The van der Waals surface area contributed by atoms with E-state index >= 15 is 0 Å². The molecule has 1 atom stereocenters. The van der Waals surface area contributed by atoms with E-state index in [1.165, 1.54) is 43.2 Å². The zero-order valence-corrected chi connectivity index (χ0v) is 11.9. The topological polar surface area (TPSA) is 20.2 Å². The monoisotopic (exact) mass is 246 g/mol. The summed E-state index contributed by atoms with van der Waals surface area (Å²) in [6, 6.07) is 6.29. The Morgan fingerprint density at radius 1 is 1.17 bits per heavy atom. The van der Waals surface area contributed by atoms with E-state index in [9.17, 15) is 5.11 Å². The molecule has 1 unspecified atom stereocenters. The third-order valence-electron chi connectivity index (χ3n) is 4.88. The van der Waals surface area contributed by atoms with Crippen LogP contribution in [0.3, 0.4) is 0 Å². The summed E-state index contributed by atoms with van der Waals surface area (Å²) in [7, 11) is 0. The predicted octanol–water partition coefficient (Wildman–Crippen LogP) is 4.55. The third kappa shape index (κ3) is 2.77. The number of hydrogen-bond acceptors (Lipinski definition) is 1. The van der Waals surface area contributed by atoms with Crippen LogP contribution in [0.15, 0.2) is 18.2 Å². The largest absolute Gasteiger partial charge is 0.388 e. The average molecular weight is 246 g/mol. The first-order chi connectivity index (χ1) is 8.63. The van der Waals surface area contributed by atoms with E-state index in [1.54, 1.807) is 0 Å². The number of hydrogen-bond donors (Lipinski definition) is 1. The van der Waals surface area contributed by atoms with Crippen molar-refractivity contribution < 1.29 is 5.11 Å². The highest BCUT2D eigenvalue weighted by atomic mass is 16.3. The first kappa shape index (κ1) is 13.6. The summed E-state index contributed by atoms with van der Waals surface area (Å²) >= 11 is 0. The minimum absolute atomic E-state index is 0.261. The van der Waals surface area contributed by atoms with Gasteiger partial charge in [0.05, 0.1) is 6.10 Å². The molecule has 0 amide bonds. The lowest BCUT2D eigenvalue weighted by molar-refractivity contribution is 0.0724. The van der Waals surface area contributed by atoms with Crippen molar-refractivity contribution >= 4 is 0 Å². The maximum atomic E-state index is 10.6. The number of benzene rings is 1. The lowest BCUT2D eigenvalue weighted by Crippen LogP contribution is -2.21. The molecule has 1 aromatic carbocycles. The maximum Gasteiger partial charge on any atom is 0.0820 e. The molecule has 0 heterocycles. The van der Waals surface area contributed by atoms with Crippen LogP contribution in [0.1, 0.15) is 61.8 Å². The molecule has 1 nitrogen and oxygen atoms in total. The molecule has 1 N–H and O–H groups in total. The van der Waals surface area contributed by atoms with Gasteiger partial charge in [0.25, 0.3) is 0 Å². The van der Waals surface area contributed by atoms with Gasteiger partial charge in [-0.3, -0.25) is 0 Å². The van der Waals surface area contributed by atoms with Crippen molar-refractivity contribution in [1.82, 2.24) is 0 Å². The van der Waals surface area contributed by atoms with Crippen LogP contribution in [0.5, 0.6) is 0 Å². The number of aliphatic hydroxyl groups excluding tert-OH is 1. The van der Waals surface area contributed by atoms with E-state index in [1.807, 2.05) is 0 Å². The molecule has 18 heavy (non-hydrogen) atoms. The quantitative estimate of drug-likeness (QED) is 0.829. The van der Waals surface area contributed by atoms with Crippen molar-refractivity contribution in [3.8, 4) is 0 Å². The summed E-state index contributed by atoms with van der Waals surface area (Å²) in [6.45, 7) is 6.54. The van der Waals surface area contributed by atoms with Crippen molar-refractivity contribution in [2.45, 2.75) is 59.0 Å². The molecule has 0 aromatic heterocycles. The van der Waals surface area contributed by atoms with Crippen LogP contribution in [-0.2, 0) is 0 Å². The second kappa shape index (κ2) is 5.88. The standard InChI is InChI=1S/C17H26O/c1-4-14-8-10-15(11-9-14)17(18)16-7-5-6-12(2)13(16)3/h5-7,14-15,17-18H,4,8-11H2,1-3H3.